The molecule has 1 saturated heterocycles. The second-order valence-electron chi connectivity index (χ2n) is 2.81. The van der Waals surface area contributed by atoms with Gasteiger partial charge in [0.15, 0.2) is 0 Å². The van der Waals surface area contributed by atoms with Gasteiger partial charge >= 0.3 is 0 Å². The van der Waals surface area contributed by atoms with Crippen LogP contribution < -0.4 is 0 Å². The van der Waals surface area contributed by atoms with Gasteiger partial charge in [-0.05, 0) is 6.08 Å². The molecule has 0 aromatic rings. The molecule has 2 rings (SSSR count). The van der Waals surface area contributed by atoms with Gasteiger partial charge in [0.25, 0.3) is 0 Å². The van der Waals surface area contributed by atoms with Gasteiger partial charge in [-0.3, -0.25) is 4.79 Å². The molecule has 1 amide bonds. The number of amides is 1. The Morgan fingerprint density at radius 2 is 2.36 bits per heavy atom. The fourth-order valence-electron chi connectivity index (χ4n) is 1.44. The maximum atomic E-state index is 10.8. The van der Waals surface area contributed by atoms with E-state index in [1.54, 1.807) is 17.2 Å². The molecule has 1 unspecified atom stereocenters. The molecule has 11 heavy (non-hydrogen) atoms. The van der Waals surface area contributed by atoms with Crippen LogP contribution in [0.25, 0.3) is 0 Å². The summed E-state index contributed by atoms with van der Waals surface area (Å²) in [6, 6.07) is 0.240. The van der Waals surface area contributed by atoms with Gasteiger partial charge in [0.05, 0.1) is 0 Å². The van der Waals surface area contributed by atoms with Crippen LogP contribution in [0.2, 0.25) is 0 Å². The average Bonchev–Trinajstić information content (AvgIpc) is 2.02. The number of carbonyl (C=O) groups is 1. The number of fused-ring (bicyclic) bond motifs is 1. The molecule has 0 radical (unpaired) electrons. The lowest BCUT2D eigenvalue weighted by Gasteiger charge is -2.40. The van der Waals surface area contributed by atoms with Gasteiger partial charge in [-0.2, -0.15) is 0 Å². The molecule has 2 aliphatic heterocycles. The van der Waals surface area contributed by atoms with E-state index in [1.165, 1.54) is 0 Å². The van der Waals surface area contributed by atoms with E-state index in [-0.39, 0.29) is 11.9 Å². The second-order valence-corrected chi connectivity index (χ2v) is 2.81. The van der Waals surface area contributed by atoms with Crippen LogP contribution in [0, 0.1) is 0 Å². The molecular formula is C8H7NO2. The lowest BCUT2D eigenvalue weighted by molar-refractivity contribution is -0.141. The van der Waals surface area contributed by atoms with Gasteiger partial charge in [0, 0.05) is 30.7 Å². The molecule has 1 atom stereocenters. The van der Waals surface area contributed by atoms with E-state index in [0.717, 1.165) is 0 Å². The van der Waals surface area contributed by atoms with Crippen molar-refractivity contribution in [2.75, 3.05) is 0 Å². The van der Waals surface area contributed by atoms with Gasteiger partial charge < -0.3 is 4.90 Å². The Bertz CT molecular complexity index is 286. The van der Waals surface area contributed by atoms with Crippen molar-refractivity contribution in [1.82, 2.24) is 4.90 Å². The Hall–Kier alpha value is -1.34. The highest BCUT2D eigenvalue weighted by atomic mass is 16.2. The van der Waals surface area contributed by atoms with Gasteiger partial charge in [-0.25, -0.2) is 4.79 Å². The molecule has 0 aliphatic carbocycles. The highest BCUT2D eigenvalue weighted by Crippen LogP contribution is 2.28. The van der Waals surface area contributed by atoms with E-state index in [1.807, 2.05) is 5.94 Å². The summed E-state index contributed by atoms with van der Waals surface area (Å²) >= 11 is 0. The maximum Gasteiger partial charge on any atom is 0.228 e. The first-order valence-electron chi connectivity index (χ1n) is 3.54. The summed E-state index contributed by atoms with van der Waals surface area (Å²) in [6.45, 7) is 0. The largest absolute Gasteiger partial charge is 0.315 e. The van der Waals surface area contributed by atoms with Crippen LogP contribution in [-0.2, 0) is 9.59 Å². The Morgan fingerprint density at radius 3 is 2.91 bits per heavy atom. The smallest absolute Gasteiger partial charge is 0.228 e. The summed E-state index contributed by atoms with van der Waals surface area (Å²) in [7, 11) is 0. The van der Waals surface area contributed by atoms with Gasteiger partial charge in [0.2, 0.25) is 5.91 Å². The topological polar surface area (TPSA) is 37.4 Å². The first-order valence-corrected chi connectivity index (χ1v) is 3.54. The number of hydrogen-bond acceptors (Lipinski definition) is 2. The number of nitrogens with zero attached hydrogens (tertiary/aromatic N) is 1. The highest BCUT2D eigenvalue weighted by Gasteiger charge is 2.36. The van der Waals surface area contributed by atoms with Crippen molar-refractivity contribution < 1.29 is 9.59 Å². The van der Waals surface area contributed by atoms with Crippen molar-refractivity contribution in [3.63, 3.8) is 0 Å². The summed E-state index contributed by atoms with van der Waals surface area (Å²) in [6.07, 6.45) is 4.57. The van der Waals surface area contributed by atoms with Crippen LogP contribution in [0.4, 0.5) is 0 Å². The molecule has 0 aromatic carbocycles. The zero-order chi connectivity index (χ0) is 7.84. The zero-order valence-electron chi connectivity index (χ0n) is 5.91. The van der Waals surface area contributed by atoms with Crippen molar-refractivity contribution in [3.8, 4) is 0 Å². The molecule has 0 spiro atoms. The SMILES string of the molecule is O=C=C1C=CN2C(=O)CC2C1. The Balaban J connectivity index is 2.24. The van der Waals surface area contributed by atoms with Crippen molar-refractivity contribution >= 4 is 11.8 Å². The quantitative estimate of drug-likeness (QED) is 0.366. The molecule has 2 aliphatic rings. The van der Waals surface area contributed by atoms with Crippen LogP contribution in [0.3, 0.4) is 0 Å². The minimum atomic E-state index is 0.149. The van der Waals surface area contributed by atoms with E-state index in [2.05, 4.69) is 0 Å². The van der Waals surface area contributed by atoms with Gasteiger partial charge in [-0.15, -0.1) is 0 Å². The molecule has 2 heterocycles. The third kappa shape index (κ3) is 0.819. The van der Waals surface area contributed by atoms with E-state index >= 15 is 0 Å². The predicted octanol–water partition coefficient (Wildman–Crippen LogP) is 0.263. The monoisotopic (exact) mass is 149 g/mol. The number of allylic oxidation sites excluding steroid dienone is 1. The average molecular weight is 149 g/mol. The molecule has 3 heteroatoms. The van der Waals surface area contributed by atoms with Gasteiger partial charge in [0.1, 0.15) is 5.94 Å². The van der Waals surface area contributed by atoms with E-state index < -0.39 is 0 Å². The van der Waals surface area contributed by atoms with Crippen molar-refractivity contribution in [3.05, 3.63) is 17.8 Å². The Morgan fingerprint density at radius 1 is 1.55 bits per heavy atom. The minimum Gasteiger partial charge on any atom is -0.315 e. The summed E-state index contributed by atoms with van der Waals surface area (Å²) < 4.78 is 0. The third-order valence-electron chi connectivity index (χ3n) is 2.11. The third-order valence-corrected chi connectivity index (χ3v) is 2.11. The molecular weight excluding hydrogens is 142 g/mol. The standard InChI is InChI=1S/C8H7NO2/c10-5-6-1-2-9-7(3-6)4-8(9)11/h1-2,7H,3-4H2. The van der Waals surface area contributed by atoms with Crippen LogP contribution in [-0.4, -0.2) is 22.8 Å². The molecule has 0 saturated carbocycles. The van der Waals surface area contributed by atoms with E-state index in [0.29, 0.717) is 18.4 Å². The van der Waals surface area contributed by atoms with E-state index in [9.17, 15) is 9.59 Å². The molecule has 0 bridgehead atoms. The van der Waals surface area contributed by atoms with Crippen molar-refractivity contribution in [2.24, 2.45) is 0 Å². The highest BCUT2D eigenvalue weighted by molar-refractivity contribution is 5.85. The first-order chi connectivity index (χ1) is 5.31. The lowest BCUT2D eigenvalue weighted by atomic mass is 9.92. The minimum absolute atomic E-state index is 0.149. The Kier molecular flexibility index (Phi) is 1.20. The van der Waals surface area contributed by atoms with Crippen molar-refractivity contribution in [1.29, 1.82) is 0 Å². The molecule has 56 valence electrons. The summed E-state index contributed by atoms with van der Waals surface area (Å²) in [5, 5.41) is 0. The summed E-state index contributed by atoms with van der Waals surface area (Å²) in [4.78, 5) is 22.7. The zero-order valence-corrected chi connectivity index (χ0v) is 5.91. The second kappa shape index (κ2) is 2.07. The van der Waals surface area contributed by atoms with Crippen LogP contribution in [0.5, 0.6) is 0 Å². The number of β-lactam (4-membered cyclic amide) rings is 1. The van der Waals surface area contributed by atoms with Crippen molar-refractivity contribution in [2.45, 2.75) is 18.9 Å². The molecule has 0 N–H and O–H groups in total. The molecule has 0 aromatic heterocycles. The summed E-state index contributed by atoms with van der Waals surface area (Å²) in [5.74, 6) is 1.99. The summed E-state index contributed by atoms with van der Waals surface area (Å²) in [5.41, 5.74) is 0.666. The fraction of sp³-hybridized carbons (Fsp3) is 0.375. The maximum absolute atomic E-state index is 10.8. The normalized spacial score (nSPS) is 27.6. The molecule has 3 nitrogen and oxygen atoms in total. The first kappa shape index (κ1) is 6.38. The predicted molar refractivity (Wildman–Crippen MR) is 38.2 cm³/mol. The van der Waals surface area contributed by atoms with Gasteiger partial charge in [-0.1, -0.05) is 0 Å². The Labute approximate surface area is 64.0 Å². The molecule has 1 fully saturated rings. The van der Waals surface area contributed by atoms with Crippen LogP contribution >= 0.6 is 0 Å². The number of carbonyl (C=O) groups excluding carboxylic acids is 2. The van der Waals surface area contributed by atoms with E-state index in [4.69, 9.17) is 0 Å². The number of rotatable bonds is 0. The number of hydrogen-bond donors (Lipinski definition) is 0. The van der Waals surface area contributed by atoms with Crippen LogP contribution in [0.1, 0.15) is 12.8 Å². The van der Waals surface area contributed by atoms with Crippen LogP contribution in [0.15, 0.2) is 17.8 Å². The fourth-order valence-corrected chi connectivity index (χ4v) is 1.44. The lowest BCUT2D eigenvalue weighted by Crippen LogP contribution is -2.50.